The van der Waals surface area contributed by atoms with E-state index < -0.39 is 10.0 Å². The van der Waals surface area contributed by atoms with E-state index in [-0.39, 0.29) is 10.7 Å². The average Bonchev–Trinajstić information content (AvgIpc) is 2.74. The van der Waals surface area contributed by atoms with E-state index in [4.69, 9.17) is 0 Å². The lowest BCUT2D eigenvalue weighted by molar-refractivity contribution is 0.419. The quantitative estimate of drug-likeness (QED) is 0.522. The summed E-state index contributed by atoms with van der Waals surface area (Å²) in [5.41, 5.74) is 3.08. The van der Waals surface area contributed by atoms with E-state index in [1.54, 1.807) is 30.3 Å². The summed E-state index contributed by atoms with van der Waals surface area (Å²) in [6.07, 6.45) is 0. The maximum Gasteiger partial charge on any atom is 0.264 e. The third-order valence-electron chi connectivity index (χ3n) is 5.00. The summed E-state index contributed by atoms with van der Waals surface area (Å²) in [4.78, 5) is 4.12. The Hall–Kier alpha value is -2.90. The fourth-order valence-corrected chi connectivity index (χ4v) is 4.70. The van der Waals surface area contributed by atoms with Crippen LogP contribution in [-0.4, -0.2) is 54.6 Å². The van der Waals surface area contributed by atoms with Crippen LogP contribution in [0.3, 0.4) is 0 Å². The Balaban J connectivity index is 2.01. The zero-order chi connectivity index (χ0) is 22.6. The van der Waals surface area contributed by atoms with Gasteiger partial charge in [0.15, 0.2) is 0 Å². The van der Waals surface area contributed by atoms with Gasteiger partial charge in [0.2, 0.25) is 0 Å². The molecule has 0 heterocycles. The van der Waals surface area contributed by atoms with Crippen molar-refractivity contribution in [3.63, 3.8) is 0 Å². The van der Waals surface area contributed by atoms with Crippen molar-refractivity contribution in [2.24, 2.45) is 0 Å². The average molecular weight is 442 g/mol. The van der Waals surface area contributed by atoms with Crippen LogP contribution in [0, 0.1) is 5.82 Å². The van der Waals surface area contributed by atoms with Crippen LogP contribution < -0.4 is 9.21 Å². The third kappa shape index (κ3) is 5.42. The fraction of sp³-hybridized carbons (Fsp3) is 0.250. The maximum absolute atomic E-state index is 13.6. The zero-order valence-electron chi connectivity index (χ0n) is 18.3. The molecule has 0 N–H and O–H groups in total. The second-order valence-corrected chi connectivity index (χ2v) is 9.69. The molecule has 3 rings (SSSR count). The molecule has 0 unspecified atom stereocenters. The molecule has 3 aromatic carbocycles. The van der Waals surface area contributed by atoms with Gasteiger partial charge in [-0.3, -0.25) is 4.31 Å². The van der Waals surface area contributed by atoms with Crippen molar-refractivity contribution in [2.45, 2.75) is 4.90 Å². The summed E-state index contributed by atoms with van der Waals surface area (Å²) >= 11 is 0. The maximum atomic E-state index is 13.6. The minimum Gasteiger partial charge on any atom is -0.378 e. The number of rotatable bonds is 8. The molecule has 0 amide bonds. The molecule has 0 radical (unpaired) electrons. The first kappa shape index (κ1) is 22.8. The second kappa shape index (κ2) is 9.49. The summed E-state index contributed by atoms with van der Waals surface area (Å²) in [7, 11) is 3.90. The van der Waals surface area contributed by atoms with Gasteiger partial charge in [-0.2, -0.15) is 0 Å². The van der Waals surface area contributed by atoms with Crippen molar-refractivity contribution in [2.75, 3.05) is 50.5 Å². The molecule has 0 aliphatic carbocycles. The first-order chi connectivity index (χ1) is 14.7. The zero-order valence-corrected chi connectivity index (χ0v) is 19.1. The van der Waals surface area contributed by atoms with Crippen LogP contribution in [-0.2, 0) is 10.0 Å². The molecule has 5 nitrogen and oxygen atoms in total. The Morgan fingerprint density at radius 3 is 1.94 bits per heavy atom. The van der Waals surface area contributed by atoms with Crippen LogP contribution in [0.1, 0.15) is 0 Å². The lowest BCUT2D eigenvalue weighted by Gasteiger charge is -2.27. The van der Waals surface area contributed by atoms with Gasteiger partial charge in [0.05, 0.1) is 10.6 Å². The molecule has 0 saturated heterocycles. The number of likely N-dealkylation sites (N-methyl/N-ethyl adjacent to an activating group) is 1. The lowest BCUT2D eigenvalue weighted by Crippen LogP contribution is -2.36. The Morgan fingerprint density at radius 1 is 0.742 bits per heavy atom. The van der Waals surface area contributed by atoms with E-state index in [2.05, 4.69) is 0 Å². The van der Waals surface area contributed by atoms with E-state index in [1.807, 2.05) is 68.3 Å². The predicted octanol–water partition coefficient (Wildman–Crippen LogP) is 4.32. The molecule has 31 heavy (non-hydrogen) atoms. The van der Waals surface area contributed by atoms with E-state index in [0.29, 0.717) is 18.8 Å². The second-order valence-electron chi connectivity index (χ2n) is 7.83. The number of nitrogens with zero attached hydrogens (tertiary/aromatic N) is 3. The predicted molar refractivity (Wildman–Crippen MR) is 126 cm³/mol. The van der Waals surface area contributed by atoms with Crippen LogP contribution in [0.2, 0.25) is 0 Å². The van der Waals surface area contributed by atoms with Gasteiger partial charge in [-0.1, -0.05) is 24.3 Å². The van der Waals surface area contributed by atoms with Gasteiger partial charge in [-0.05, 0) is 73.8 Å². The van der Waals surface area contributed by atoms with Crippen LogP contribution in [0.4, 0.5) is 15.8 Å². The van der Waals surface area contributed by atoms with Crippen molar-refractivity contribution in [1.82, 2.24) is 4.90 Å². The van der Waals surface area contributed by atoms with Gasteiger partial charge in [0.25, 0.3) is 10.0 Å². The van der Waals surface area contributed by atoms with Crippen LogP contribution in [0.15, 0.2) is 77.7 Å². The minimum atomic E-state index is -3.80. The van der Waals surface area contributed by atoms with E-state index in [1.165, 1.54) is 16.4 Å². The number of anilines is 2. The van der Waals surface area contributed by atoms with Gasteiger partial charge in [0.1, 0.15) is 5.82 Å². The van der Waals surface area contributed by atoms with E-state index in [0.717, 1.165) is 16.8 Å². The van der Waals surface area contributed by atoms with Crippen molar-refractivity contribution in [3.8, 4) is 11.1 Å². The number of hydrogen-bond donors (Lipinski definition) is 0. The highest BCUT2D eigenvalue weighted by Gasteiger charge is 2.25. The smallest absolute Gasteiger partial charge is 0.264 e. The molecule has 0 aromatic heterocycles. The number of halogens is 1. The molecular formula is C24H28FN3O2S. The Labute approximate surface area is 184 Å². The molecule has 0 saturated carbocycles. The molecule has 7 heteroatoms. The topological polar surface area (TPSA) is 43.9 Å². The van der Waals surface area contributed by atoms with Crippen molar-refractivity contribution in [3.05, 3.63) is 78.6 Å². The molecule has 0 atom stereocenters. The highest BCUT2D eigenvalue weighted by molar-refractivity contribution is 7.92. The van der Waals surface area contributed by atoms with Gasteiger partial charge in [-0.15, -0.1) is 0 Å². The number of benzene rings is 3. The highest BCUT2D eigenvalue weighted by Crippen LogP contribution is 2.28. The number of sulfonamides is 1. The van der Waals surface area contributed by atoms with Crippen molar-refractivity contribution >= 4 is 21.4 Å². The SMILES string of the molecule is CN(C)CCN(c1ccc(N(C)C)cc1)S(=O)(=O)c1cccc(-c2ccc(F)cc2)c1. The summed E-state index contributed by atoms with van der Waals surface area (Å²) < 4.78 is 42.0. The third-order valence-corrected chi connectivity index (χ3v) is 6.83. The Bertz CT molecular complexity index is 1110. The van der Waals surface area contributed by atoms with Crippen LogP contribution >= 0.6 is 0 Å². The lowest BCUT2D eigenvalue weighted by atomic mass is 10.1. The molecule has 0 spiro atoms. The van der Waals surface area contributed by atoms with Crippen molar-refractivity contribution in [1.29, 1.82) is 0 Å². The summed E-state index contributed by atoms with van der Waals surface area (Å²) in [6.45, 7) is 0.893. The van der Waals surface area contributed by atoms with Gasteiger partial charge < -0.3 is 9.80 Å². The van der Waals surface area contributed by atoms with Gasteiger partial charge >= 0.3 is 0 Å². The summed E-state index contributed by atoms with van der Waals surface area (Å²) in [5.74, 6) is -0.330. The molecule has 0 aliphatic rings. The van der Waals surface area contributed by atoms with E-state index >= 15 is 0 Å². The number of hydrogen-bond acceptors (Lipinski definition) is 4. The minimum absolute atomic E-state index is 0.199. The molecular weight excluding hydrogens is 413 g/mol. The van der Waals surface area contributed by atoms with Gasteiger partial charge in [-0.25, -0.2) is 12.8 Å². The first-order valence-electron chi connectivity index (χ1n) is 9.99. The summed E-state index contributed by atoms with van der Waals surface area (Å²) in [5, 5.41) is 0. The molecule has 164 valence electrons. The summed E-state index contributed by atoms with van der Waals surface area (Å²) in [6, 6.07) is 20.3. The monoisotopic (exact) mass is 441 g/mol. The molecule has 3 aromatic rings. The Morgan fingerprint density at radius 2 is 1.35 bits per heavy atom. The molecule has 0 bridgehead atoms. The van der Waals surface area contributed by atoms with E-state index in [9.17, 15) is 12.8 Å². The molecule has 0 aliphatic heterocycles. The Kier molecular flexibility index (Phi) is 6.97. The normalized spacial score (nSPS) is 11.5. The fourth-order valence-electron chi connectivity index (χ4n) is 3.20. The van der Waals surface area contributed by atoms with Crippen LogP contribution in [0.25, 0.3) is 11.1 Å². The largest absolute Gasteiger partial charge is 0.378 e. The highest BCUT2D eigenvalue weighted by atomic mass is 32.2. The van der Waals surface area contributed by atoms with Crippen molar-refractivity contribution < 1.29 is 12.8 Å². The van der Waals surface area contributed by atoms with Gasteiger partial charge in [0, 0.05) is 32.9 Å². The molecule has 0 fully saturated rings. The first-order valence-corrected chi connectivity index (χ1v) is 11.4. The standard InChI is InChI=1S/C24H28FN3O2S/c1-26(2)16-17-28(23-14-12-22(13-15-23)27(3)4)31(29,30)24-7-5-6-20(18-24)19-8-10-21(25)11-9-19/h5-15,18H,16-17H2,1-4H3. The van der Waals surface area contributed by atoms with Crippen LogP contribution in [0.5, 0.6) is 0 Å².